The first-order valence-electron chi connectivity index (χ1n) is 6.36. The molecule has 0 unspecified atom stereocenters. The molecule has 0 amide bonds. The van der Waals surface area contributed by atoms with Gasteiger partial charge >= 0.3 is 11.9 Å². The maximum absolute atomic E-state index is 11.7. The molecular formula is C14H16N2O4. The fraction of sp³-hybridized carbons (Fsp3) is 0.357. The zero-order valence-electron chi connectivity index (χ0n) is 11.4. The molecule has 0 aliphatic carbocycles. The minimum atomic E-state index is -1.02. The lowest BCUT2D eigenvalue weighted by Gasteiger charge is -2.19. The molecule has 1 atom stereocenters. The molecule has 1 N–H and O–H groups in total. The zero-order chi connectivity index (χ0) is 14.7. The van der Waals surface area contributed by atoms with E-state index in [9.17, 15) is 14.7 Å². The number of rotatable bonds is 4. The first kappa shape index (κ1) is 14.0. The number of hydrazone groups is 1. The summed E-state index contributed by atoms with van der Waals surface area (Å²) in [6.07, 6.45) is 0.0437. The molecule has 6 heteroatoms. The molecule has 1 aliphatic rings. The molecule has 20 heavy (non-hydrogen) atoms. The van der Waals surface area contributed by atoms with Crippen LogP contribution < -0.4 is 5.01 Å². The van der Waals surface area contributed by atoms with E-state index in [1.807, 2.05) is 19.1 Å². The number of carboxylic acids is 1. The van der Waals surface area contributed by atoms with Gasteiger partial charge in [0.1, 0.15) is 5.71 Å². The largest absolute Gasteiger partial charge is 0.480 e. The average Bonchev–Trinajstić information content (AvgIpc) is 2.85. The van der Waals surface area contributed by atoms with Gasteiger partial charge in [0.05, 0.1) is 12.3 Å². The lowest BCUT2D eigenvalue weighted by molar-refractivity contribution is -0.138. The van der Waals surface area contributed by atoms with Gasteiger partial charge in [-0.3, -0.25) is 5.01 Å². The van der Waals surface area contributed by atoms with Crippen molar-refractivity contribution in [3.8, 4) is 0 Å². The third kappa shape index (κ3) is 2.79. The summed E-state index contributed by atoms with van der Waals surface area (Å²) < 4.78 is 4.87. The van der Waals surface area contributed by atoms with E-state index in [0.717, 1.165) is 5.56 Å². The monoisotopic (exact) mass is 276 g/mol. The van der Waals surface area contributed by atoms with E-state index >= 15 is 0 Å². The Morgan fingerprint density at radius 1 is 1.40 bits per heavy atom. The second-order valence-corrected chi connectivity index (χ2v) is 4.51. The van der Waals surface area contributed by atoms with Crippen LogP contribution in [0.4, 0.5) is 5.69 Å². The number of carbonyl (C=O) groups is 2. The average molecular weight is 276 g/mol. The van der Waals surface area contributed by atoms with Gasteiger partial charge in [0.25, 0.3) is 0 Å². The number of aliphatic carboxylic acids is 1. The molecule has 106 valence electrons. The van der Waals surface area contributed by atoms with Gasteiger partial charge in [-0.25, -0.2) is 9.59 Å². The number of hydrogen-bond acceptors (Lipinski definition) is 5. The summed E-state index contributed by atoms with van der Waals surface area (Å²) in [4.78, 5) is 23.0. The summed E-state index contributed by atoms with van der Waals surface area (Å²) in [5.41, 5.74) is 1.84. The molecule has 0 fully saturated rings. The van der Waals surface area contributed by atoms with E-state index in [2.05, 4.69) is 5.10 Å². The maximum Gasteiger partial charge on any atom is 0.354 e. The quantitative estimate of drug-likeness (QED) is 0.844. The van der Waals surface area contributed by atoms with E-state index in [1.54, 1.807) is 19.1 Å². The van der Waals surface area contributed by atoms with Crippen LogP contribution >= 0.6 is 0 Å². The minimum absolute atomic E-state index is 0.0437. The van der Waals surface area contributed by atoms with Gasteiger partial charge in [0, 0.05) is 6.42 Å². The smallest absolute Gasteiger partial charge is 0.354 e. The van der Waals surface area contributed by atoms with E-state index in [4.69, 9.17) is 4.74 Å². The Hall–Kier alpha value is -2.37. The zero-order valence-corrected chi connectivity index (χ0v) is 11.4. The van der Waals surface area contributed by atoms with E-state index in [-0.39, 0.29) is 18.7 Å². The summed E-state index contributed by atoms with van der Waals surface area (Å²) in [6.45, 7) is 3.87. The highest BCUT2D eigenvalue weighted by atomic mass is 16.5. The molecule has 0 saturated carbocycles. The second-order valence-electron chi connectivity index (χ2n) is 4.51. The molecule has 0 spiro atoms. The van der Waals surface area contributed by atoms with Gasteiger partial charge in [-0.2, -0.15) is 5.10 Å². The number of aryl methyl sites for hydroxylation is 1. The lowest BCUT2D eigenvalue weighted by Crippen LogP contribution is -2.34. The summed E-state index contributed by atoms with van der Waals surface area (Å²) in [6, 6.07) is 6.42. The highest BCUT2D eigenvalue weighted by molar-refractivity contribution is 6.38. The number of carboxylic acid groups (broad SMARTS) is 1. The second kappa shape index (κ2) is 5.73. The fourth-order valence-electron chi connectivity index (χ4n) is 1.98. The topological polar surface area (TPSA) is 79.2 Å². The van der Waals surface area contributed by atoms with Crippen molar-refractivity contribution in [3.05, 3.63) is 29.8 Å². The van der Waals surface area contributed by atoms with Gasteiger partial charge in [0.2, 0.25) is 0 Å². The van der Waals surface area contributed by atoms with E-state index in [0.29, 0.717) is 5.69 Å². The van der Waals surface area contributed by atoms with Gasteiger partial charge in [-0.1, -0.05) is 17.7 Å². The van der Waals surface area contributed by atoms with Crippen LogP contribution in [-0.2, 0) is 14.3 Å². The normalized spacial score (nSPS) is 17.8. The number of carbonyl (C=O) groups excluding carboxylic acids is 1. The molecule has 0 saturated heterocycles. The SMILES string of the molecule is CCOC(=O)C1=NN(c2ccc(C)cc2)[C@H](C(=O)O)C1. The van der Waals surface area contributed by atoms with Crippen molar-refractivity contribution in [2.24, 2.45) is 5.10 Å². The van der Waals surface area contributed by atoms with Crippen LogP contribution in [0.3, 0.4) is 0 Å². The van der Waals surface area contributed by atoms with Crippen LogP contribution in [0.15, 0.2) is 29.4 Å². The van der Waals surface area contributed by atoms with Crippen molar-refractivity contribution in [3.63, 3.8) is 0 Å². The van der Waals surface area contributed by atoms with Gasteiger partial charge in [-0.15, -0.1) is 0 Å². The van der Waals surface area contributed by atoms with Crippen LogP contribution in [0.2, 0.25) is 0 Å². The molecule has 2 rings (SSSR count). The molecule has 6 nitrogen and oxygen atoms in total. The highest BCUT2D eigenvalue weighted by Crippen LogP contribution is 2.25. The van der Waals surface area contributed by atoms with Crippen LogP contribution in [0, 0.1) is 6.92 Å². The first-order chi connectivity index (χ1) is 9.52. The Kier molecular flexibility index (Phi) is 4.02. The lowest BCUT2D eigenvalue weighted by atomic mass is 10.1. The summed E-state index contributed by atoms with van der Waals surface area (Å²) >= 11 is 0. The summed E-state index contributed by atoms with van der Waals surface area (Å²) in [5.74, 6) is -1.58. The van der Waals surface area contributed by atoms with Crippen molar-refractivity contribution in [1.82, 2.24) is 0 Å². The standard InChI is InChI=1S/C14H16N2O4/c1-3-20-14(19)11-8-12(13(17)18)16(15-11)10-6-4-9(2)5-7-10/h4-7,12H,3,8H2,1-2H3,(H,17,18)/t12-/m0/s1. The Bertz CT molecular complexity index is 551. The third-order valence-electron chi connectivity index (χ3n) is 3.00. The third-order valence-corrected chi connectivity index (χ3v) is 3.00. The van der Waals surface area contributed by atoms with Crippen molar-refractivity contribution >= 4 is 23.3 Å². The molecule has 0 bridgehead atoms. The molecule has 1 aromatic carbocycles. The number of esters is 1. The predicted octanol–water partition coefficient (Wildman–Crippen LogP) is 1.58. The molecule has 1 aromatic rings. The maximum atomic E-state index is 11.7. The van der Waals surface area contributed by atoms with Crippen molar-refractivity contribution < 1.29 is 19.4 Å². The Balaban J connectivity index is 2.29. The highest BCUT2D eigenvalue weighted by Gasteiger charge is 2.36. The number of ether oxygens (including phenoxy) is 1. The number of hydrogen-bond donors (Lipinski definition) is 1. The molecule has 0 radical (unpaired) electrons. The van der Waals surface area contributed by atoms with E-state index < -0.39 is 18.0 Å². The van der Waals surface area contributed by atoms with Crippen LogP contribution in [-0.4, -0.2) is 35.4 Å². The molecule has 0 aromatic heterocycles. The van der Waals surface area contributed by atoms with Gasteiger partial charge in [0.15, 0.2) is 6.04 Å². The molecule has 1 heterocycles. The Morgan fingerprint density at radius 2 is 2.05 bits per heavy atom. The number of anilines is 1. The molecular weight excluding hydrogens is 260 g/mol. The summed E-state index contributed by atoms with van der Waals surface area (Å²) in [7, 11) is 0. The number of nitrogens with zero attached hydrogens (tertiary/aromatic N) is 2. The fourth-order valence-corrected chi connectivity index (χ4v) is 1.98. The van der Waals surface area contributed by atoms with E-state index in [1.165, 1.54) is 5.01 Å². The number of benzene rings is 1. The van der Waals surface area contributed by atoms with Gasteiger partial charge in [-0.05, 0) is 26.0 Å². The van der Waals surface area contributed by atoms with Crippen molar-refractivity contribution in [2.45, 2.75) is 26.3 Å². The van der Waals surface area contributed by atoms with Crippen molar-refractivity contribution in [1.29, 1.82) is 0 Å². The Labute approximate surface area is 116 Å². The summed E-state index contributed by atoms with van der Waals surface area (Å²) in [5, 5.41) is 14.7. The Morgan fingerprint density at radius 3 is 2.60 bits per heavy atom. The molecule has 1 aliphatic heterocycles. The van der Waals surface area contributed by atoms with Crippen LogP contribution in [0.25, 0.3) is 0 Å². The minimum Gasteiger partial charge on any atom is -0.480 e. The van der Waals surface area contributed by atoms with Gasteiger partial charge < -0.3 is 9.84 Å². The first-order valence-corrected chi connectivity index (χ1v) is 6.36. The van der Waals surface area contributed by atoms with Crippen molar-refractivity contribution in [2.75, 3.05) is 11.6 Å². The predicted molar refractivity (Wildman–Crippen MR) is 73.8 cm³/mol. The van der Waals surface area contributed by atoms with Crippen LogP contribution in [0.1, 0.15) is 18.9 Å². The van der Waals surface area contributed by atoms with Crippen LogP contribution in [0.5, 0.6) is 0 Å².